The van der Waals surface area contributed by atoms with Gasteiger partial charge in [-0.25, -0.2) is 13.2 Å². The number of anilines is 1. The molecule has 0 amide bonds. The van der Waals surface area contributed by atoms with E-state index in [1.54, 1.807) is 0 Å². The van der Waals surface area contributed by atoms with Crippen molar-refractivity contribution >= 4 is 5.69 Å². The van der Waals surface area contributed by atoms with E-state index in [2.05, 4.69) is 19.2 Å². The van der Waals surface area contributed by atoms with E-state index in [1.165, 1.54) is 12.8 Å². The summed E-state index contributed by atoms with van der Waals surface area (Å²) < 4.78 is 39.3. The van der Waals surface area contributed by atoms with Crippen LogP contribution in [0.3, 0.4) is 0 Å². The number of benzene rings is 1. The number of hydrogen-bond acceptors (Lipinski definition) is 1. The average Bonchev–Trinajstić information content (AvgIpc) is 2.35. The minimum atomic E-state index is -1.41. The van der Waals surface area contributed by atoms with Gasteiger partial charge in [-0.05, 0) is 31.1 Å². The summed E-state index contributed by atoms with van der Waals surface area (Å²) in [4.78, 5) is 0. The van der Waals surface area contributed by atoms with Crippen LogP contribution in [-0.4, -0.2) is 6.04 Å². The zero-order valence-electron chi connectivity index (χ0n) is 12.1. The summed E-state index contributed by atoms with van der Waals surface area (Å²) in [7, 11) is 0. The van der Waals surface area contributed by atoms with Crippen LogP contribution >= 0.6 is 0 Å². The molecule has 2 rings (SSSR count). The molecule has 1 nitrogen and oxygen atoms in total. The van der Waals surface area contributed by atoms with E-state index in [1.807, 2.05) is 0 Å². The first-order chi connectivity index (χ1) is 9.45. The van der Waals surface area contributed by atoms with Crippen LogP contribution in [0.1, 0.15) is 46.0 Å². The maximum atomic E-state index is 13.2. The van der Waals surface area contributed by atoms with Crippen LogP contribution < -0.4 is 5.32 Å². The maximum Gasteiger partial charge on any atom is 0.194 e. The van der Waals surface area contributed by atoms with Crippen molar-refractivity contribution in [3.8, 4) is 0 Å². The van der Waals surface area contributed by atoms with Crippen LogP contribution in [0.4, 0.5) is 18.9 Å². The Labute approximate surface area is 118 Å². The third-order valence-electron chi connectivity index (χ3n) is 3.94. The summed E-state index contributed by atoms with van der Waals surface area (Å²) in [6.07, 6.45) is 5.54. The van der Waals surface area contributed by atoms with Crippen molar-refractivity contribution in [2.45, 2.75) is 52.0 Å². The monoisotopic (exact) mass is 285 g/mol. The van der Waals surface area contributed by atoms with Crippen LogP contribution in [0, 0.1) is 29.3 Å². The predicted molar refractivity (Wildman–Crippen MR) is 75.1 cm³/mol. The van der Waals surface area contributed by atoms with E-state index in [0.29, 0.717) is 17.5 Å². The van der Waals surface area contributed by atoms with E-state index in [9.17, 15) is 13.2 Å². The Morgan fingerprint density at radius 1 is 1.15 bits per heavy atom. The molecule has 1 saturated carbocycles. The normalized spacial score (nSPS) is 23.1. The molecule has 1 aliphatic carbocycles. The Hall–Kier alpha value is -1.19. The highest BCUT2D eigenvalue weighted by Gasteiger charge is 2.23. The molecular weight excluding hydrogens is 263 g/mol. The second-order valence-corrected chi connectivity index (χ2v) is 6.26. The Bertz CT molecular complexity index is 436. The van der Waals surface area contributed by atoms with Crippen LogP contribution in [0.25, 0.3) is 0 Å². The molecule has 0 heterocycles. The highest BCUT2D eigenvalue weighted by molar-refractivity contribution is 5.45. The van der Waals surface area contributed by atoms with Crippen molar-refractivity contribution in [2.24, 2.45) is 11.8 Å². The number of hydrogen-bond donors (Lipinski definition) is 1. The zero-order chi connectivity index (χ0) is 14.7. The first-order valence-electron chi connectivity index (χ1n) is 7.36. The van der Waals surface area contributed by atoms with Crippen molar-refractivity contribution < 1.29 is 13.2 Å². The summed E-state index contributed by atoms with van der Waals surface area (Å²) in [5.41, 5.74) is 0.330. The summed E-state index contributed by atoms with van der Waals surface area (Å²) in [5.74, 6) is -2.35. The van der Waals surface area contributed by atoms with Gasteiger partial charge in [0.15, 0.2) is 17.5 Å². The molecule has 2 atom stereocenters. The molecule has 112 valence electrons. The lowest BCUT2D eigenvalue weighted by Crippen LogP contribution is -2.28. The van der Waals surface area contributed by atoms with Gasteiger partial charge < -0.3 is 5.32 Å². The summed E-state index contributed by atoms with van der Waals surface area (Å²) >= 11 is 0. The lowest BCUT2D eigenvalue weighted by Gasteiger charge is -2.31. The van der Waals surface area contributed by atoms with Gasteiger partial charge >= 0.3 is 0 Å². The molecule has 1 aromatic carbocycles. The van der Waals surface area contributed by atoms with Gasteiger partial charge in [0.2, 0.25) is 0 Å². The SMILES string of the molecule is CC(C)CC1CCCC(Nc2cc(F)c(F)c(F)c2)C1. The highest BCUT2D eigenvalue weighted by Crippen LogP contribution is 2.31. The molecule has 1 aliphatic rings. The van der Waals surface area contributed by atoms with Gasteiger partial charge in [-0.3, -0.25) is 0 Å². The average molecular weight is 285 g/mol. The largest absolute Gasteiger partial charge is 0.382 e. The van der Waals surface area contributed by atoms with Crippen molar-refractivity contribution in [3.05, 3.63) is 29.6 Å². The van der Waals surface area contributed by atoms with Gasteiger partial charge in [-0.1, -0.05) is 26.7 Å². The number of halogens is 3. The first kappa shape index (κ1) is 15.2. The Morgan fingerprint density at radius 2 is 1.80 bits per heavy atom. The summed E-state index contributed by atoms with van der Waals surface area (Å²) in [6, 6.07) is 2.28. The van der Waals surface area contributed by atoms with E-state index < -0.39 is 17.5 Å². The third kappa shape index (κ3) is 3.90. The molecule has 1 aromatic rings. The van der Waals surface area contributed by atoms with Gasteiger partial charge in [0.25, 0.3) is 0 Å². The second kappa shape index (κ2) is 6.51. The lowest BCUT2D eigenvalue weighted by atomic mass is 9.81. The van der Waals surface area contributed by atoms with Gasteiger partial charge in [0.05, 0.1) is 0 Å². The van der Waals surface area contributed by atoms with Gasteiger partial charge in [0.1, 0.15) is 0 Å². The lowest BCUT2D eigenvalue weighted by molar-refractivity contribution is 0.289. The second-order valence-electron chi connectivity index (χ2n) is 6.26. The quantitative estimate of drug-likeness (QED) is 0.757. The summed E-state index contributed by atoms with van der Waals surface area (Å²) in [6.45, 7) is 4.42. The van der Waals surface area contributed by atoms with E-state index in [-0.39, 0.29) is 6.04 Å². The van der Waals surface area contributed by atoms with E-state index in [4.69, 9.17) is 0 Å². The van der Waals surface area contributed by atoms with Crippen LogP contribution in [0.2, 0.25) is 0 Å². The van der Waals surface area contributed by atoms with Gasteiger partial charge in [-0.2, -0.15) is 0 Å². The highest BCUT2D eigenvalue weighted by atomic mass is 19.2. The minimum Gasteiger partial charge on any atom is -0.382 e. The van der Waals surface area contributed by atoms with Crippen molar-refractivity contribution in [1.29, 1.82) is 0 Å². The van der Waals surface area contributed by atoms with Crippen molar-refractivity contribution in [3.63, 3.8) is 0 Å². The number of rotatable bonds is 4. The Morgan fingerprint density at radius 3 is 2.40 bits per heavy atom. The van der Waals surface area contributed by atoms with E-state index in [0.717, 1.165) is 31.4 Å². The maximum absolute atomic E-state index is 13.2. The van der Waals surface area contributed by atoms with Crippen molar-refractivity contribution in [1.82, 2.24) is 0 Å². The topological polar surface area (TPSA) is 12.0 Å². The fourth-order valence-electron chi connectivity index (χ4n) is 3.18. The smallest absolute Gasteiger partial charge is 0.194 e. The molecule has 20 heavy (non-hydrogen) atoms. The predicted octanol–water partition coefficient (Wildman–Crippen LogP) is 5.12. The molecule has 1 N–H and O–H groups in total. The molecule has 0 aliphatic heterocycles. The van der Waals surface area contributed by atoms with Crippen LogP contribution in [0.15, 0.2) is 12.1 Å². The standard InChI is InChI=1S/C16H22F3N/c1-10(2)6-11-4-3-5-12(7-11)20-13-8-14(17)16(19)15(18)9-13/h8-12,20H,3-7H2,1-2H3. The molecule has 0 saturated heterocycles. The molecule has 4 heteroatoms. The van der Waals surface area contributed by atoms with E-state index >= 15 is 0 Å². The molecule has 0 radical (unpaired) electrons. The van der Waals surface area contributed by atoms with Gasteiger partial charge in [0, 0.05) is 23.9 Å². The summed E-state index contributed by atoms with van der Waals surface area (Å²) in [5, 5.41) is 3.15. The fraction of sp³-hybridized carbons (Fsp3) is 0.625. The first-order valence-corrected chi connectivity index (χ1v) is 7.36. The Kier molecular flexibility index (Phi) is 4.95. The Balaban J connectivity index is 1.99. The minimum absolute atomic E-state index is 0.219. The van der Waals surface area contributed by atoms with Crippen LogP contribution in [-0.2, 0) is 0 Å². The third-order valence-corrected chi connectivity index (χ3v) is 3.94. The molecule has 0 aromatic heterocycles. The molecule has 0 spiro atoms. The zero-order valence-corrected chi connectivity index (χ0v) is 12.1. The van der Waals surface area contributed by atoms with Crippen LogP contribution in [0.5, 0.6) is 0 Å². The molecule has 2 unspecified atom stereocenters. The van der Waals surface area contributed by atoms with Gasteiger partial charge in [-0.15, -0.1) is 0 Å². The fourth-order valence-corrected chi connectivity index (χ4v) is 3.18. The molecule has 0 bridgehead atoms. The molecule has 1 fully saturated rings. The number of nitrogens with one attached hydrogen (secondary N) is 1. The van der Waals surface area contributed by atoms with Crippen molar-refractivity contribution in [2.75, 3.05) is 5.32 Å². The molecular formula is C16H22F3N.